The van der Waals surface area contributed by atoms with Crippen molar-refractivity contribution in [2.45, 2.75) is 77.0 Å². The predicted octanol–water partition coefficient (Wildman–Crippen LogP) is 8.91. The third kappa shape index (κ3) is 2.95. The quantitative estimate of drug-likeness (QED) is 0.184. The van der Waals surface area contributed by atoms with Crippen LogP contribution in [0.4, 0.5) is 0 Å². The maximum absolute atomic E-state index is 3.97. The van der Waals surface area contributed by atoms with Crippen molar-refractivity contribution in [1.82, 2.24) is 0 Å². The van der Waals surface area contributed by atoms with Crippen LogP contribution >= 0.6 is 0 Å². The summed E-state index contributed by atoms with van der Waals surface area (Å²) in [6.45, 7) is 19.4. The molecule has 2 aliphatic carbocycles. The van der Waals surface area contributed by atoms with E-state index in [1.54, 1.807) is 0 Å². The number of hydrogen-bond donors (Lipinski definition) is 0. The summed E-state index contributed by atoms with van der Waals surface area (Å²) in [5.74, 6) is 0. The van der Waals surface area contributed by atoms with Gasteiger partial charge in [-0.05, 0) is 32.8 Å². The minimum Gasteiger partial charge on any atom is -0.209 e. The van der Waals surface area contributed by atoms with Gasteiger partial charge in [0.25, 0.3) is 0 Å². The van der Waals surface area contributed by atoms with Crippen LogP contribution in [0, 0.1) is 12.1 Å². The van der Waals surface area contributed by atoms with Crippen LogP contribution in [0.3, 0.4) is 0 Å². The molecule has 0 nitrogen and oxygen atoms in total. The second-order valence-corrected chi connectivity index (χ2v) is 12.5. The van der Waals surface area contributed by atoms with E-state index in [1.807, 2.05) is 0 Å². The molecule has 0 N–H and O–H groups in total. The van der Waals surface area contributed by atoms with Crippen molar-refractivity contribution in [2.75, 3.05) is 0 Å². The molecule has 4 aromatic rings. The summed E-state index contributed by atoms with van der Waals surface area (Å²) in [6, 6.07) is 30.1. The van der Waals surface area contributed by atoms with Crippen LogP contribution in [0.2, 0.25) is 0 Å². The van der Waals surface area contributed by atoms with E-state index in [0.29, 0.717) is 0 Å². The Labute approximate surface area is 224 Å². The molecule has 1 heteroatoms. The van der Waals surface area contributed by atoms with Gasteiger partial charge < -0.3 is 0 Å². The van der Waals surface area contributed by atoms with E-state index in [-0.39, 0.29) is 41.8 Å². The molecule has 2 aliphatic rings. The largest absolute Gasteiger partial charge is 0.209 e. The zero-order valence-corrected chi connectivity index (χ0v) is 24.5. The van der Waals surface area contributed by atoms with Gasteiger partial charge in [0.15, 0.2) is 0 Å². The fourth-order valence-corrected chi connectivity index (χ4v) is 6.41. The predicted molar refractivity (Wildman–Crippen MR) is 145 cm³/mol. The molecule has 0 bridgehead atoms. The third-order valence-corrected chi connectivity index (χ3v) is 10.1. The van der Waals surface area contributed by atoms with Gasteiger partial charge in [0, 0.05) is 20.1 Å². The summed E-state index contributed by atoms with van der Waals surface area (Å²) >= 11 is 0. The Morgan fingerprint density at radius 1 is 0.514 bits per heavy atom. The molecule has 0 aromatic heterocycles. The second kappa shape index (κ2) is 7.41. The van der Waals surface area contributed by atoms with Gasteiger partial charge in [-0.3, -0.25) is 0 Å². The summed E-state index contributed by atoms with van der Waals surface area (Å²) in [4.78, 5) is 0. The zero-order chi connectivity index (χ0) is 24.3. The van der Waals surface area contributed by atoms with Crippen LogP contribution in [0.1, 0.15) is 77.6 Å². The zero-order valence-electron chi connectivity index (χ0n) is 22.1. The van der Waals surface area contributed by atoms with Crippen molar-refractivity contribution in [3.8, 4) is 22.3 Å². The Hall–Kier alpha value is -2.21. The Bertz CT molecular complexity index is 1430. The molecule has 35 heavy (non-hydrogen) atoms. The van der Waals surface area contributed by atoms with E-state index in [1.165, 1.54) is 38.8 Å². The maximum Gasteiger partial charge on any atom is 0 e. The molecule has 4 aromatic carbocycles. The molecule has 0 saturated carbocycles. The van der Waals surface area contributed by atoms with Crippen LogP contribution in [0.15, 0.2) is 60.7 Å². The molecule has 0 saturated heterocycles. The van der Waals surface area contributed by atoms with Crippen molar-refractivity contribution < 1.29 is 20.1 Å². The topological polar surface area (TPSA) is 0 Å². The first kappa shape index (κ1) is 24.5. The fourth-order valence-electron chi connectivity index (χ4n) is 6.41. The fraction of sp³-hybridized carbons (Fsp3) is 0.353. The van der Waals surface area contributed by atoms with Gasteiger partial charge in [-0.2, -0.15) is 29.8 Å². The smallest absolute Gasteiger partial charge is 0 e. The van der Waals surface area contributed by atoms with Crippen LogP contribution in [-0.4, -0.2) is 0 Å². The summed E-state index contributed by atoms with van der Waals surface area (Å²) in [5.41, 5.74) is 10.9. The molecule has 0 amide bonds. The van der Waals surface area contributed by atoms with Gasteiger partial charge in [-0.25, -0.2) is 5.56 Å². The first-order valence-electron chi connectivity index (χ1n) is 12.6. The third-order valence-electron chi connectivity index (χ3n) is 10.1. The summed E-state index contributed by atoms with van der Waals surface area (Å²) in [5, 5.41) is 2.39. The molecule has 181 valence electrons. The molecule has 0 atom stereocenters. The molecule has 0 unspecified atom stereocenters. The van der Waals surface area contributed by atoms with Crippen LogP contribution in [0.25, 0.3) is 33.0 Å². The average molecular weight is 635 g/mol. The maximum atomic E-state index is 3.97. The van der Waals surface area contributed by atoms with Gasteiger partial charge in [0.2, 0.25) is 0 Å². The molecular weight excluding hydrogens is 601 g/mol. The minimum atomic E-state index is -0.0624. The standard InChI is InChI=1S/C34H34.Ir/c1-31(2)25-14-11-15-26-29(25)30-27(33(31,5)6)19-24(20-28(30)34(7,8)32(26,3)4)23-17-16-21-12-9-10-13-22(21)18-23;/h9-17,19H,1-8H3;/q-2;. The molecule has 0 spiro atoms. The first-order valence-corrected chi connectivity index (χ1v) is 12.6. The molecule has 0 aliphatic heterocycles. The number of rotatable bonds is 1. The van der Waals surface area contributed by atoms with Gasteiger partial charge in [0.1, 0.15) is 0 Å². The number of benzene rings is 4. The first-order chi connectivity index (χ1) is 15.9. The van der Waals surface area contributed by atoms with Crippen molar-refractivity contribution in [3.63, 3.8) is 0 Å². The Balaban J connectivity index is 0.00000253. The van der Waals surface area contributed by atoms with E-state index < -0.39 is 0 Å². The van der Waals surface area contributed by atoms with Gasteiger partial charge in [-0.15, -0.1) is 28.6 Å². The summed E-state index contributed by atoms with van der Waals surface area (Å²) in [7, 11) is 0. The van der Waals surface area contributed by atoms with Crippen LogP contribution < -0.4 is 0 Å². The van der Waals surface area contributed by atoms with E-state index in [2.05, 4.69) is 128 Å². The van der Waals surface area contributed by atoms with E-state index in [0.717, 1.165) is 16.5 Å². The van der Waals surface area contributed by atoms with Crippen molar-refractivity contribution in [3.05, 3.63) is 95.1 Å². The van der Waals surface area contributed by atoms with E-state index in [9.17, 15) is 0 Å². The van der Waals surface area contributed by atoms with Crippen LogP contribution in [-0.2, 0) is 41.8 Å². The van der Waals surface area contributed by atoms with E-state index in [4.69, 9.17) is 0 Å². The SMILES string of the molecule is CC1(C)c2[c-]c(-c3[c-]c4ccccc4cc3)cc3c2-c2c(cccc2C(C)(C)C3(C)C)C1(C)C.[Ir]. The molecular formula is C34H34Ir-2. The summed E-state index contributed by atoms with van der Waals surface area (Å²) < 4.78 is 0. The van der Waals surface area contributed by atoms with E-state index >= 15 is 0 Å². The molecule has 1 radical (unpaired) electrons. The molecule has 0 heterocycles. The van der Waals surface area contributed by atoms with Gasteiger partial charge in [-0.1, -0.05) is 108 Å². The van der Waals surface area contributed by atoms with Crippen molar-refractivity contribution in [2.24, 2.45) is 0 Å². The van der Waals surface area contributed by atoms with Crippen LogP contribution in [0.5, 0.6) is 0 Å². The second-order valence-electron chi connectivity index (χ2n) is 12.5. The average Bonchev–Trinajstić information content (AvgIpc) is 2.80. The monoisotopic (exact) mass is 635 g/mol. The minimum absolute atomic E-state index is 0. The van der Waals surface area contributed by atoms with Crippen molar-refractivity contribution in [1.29, 1.82) is 0 Å². The Morgan fingerprint density at radius 3 is 1.80 bits per heavy atom. The van der Waals surface area contributed by atoms with Crippen molar-refractivity contribution >= 4 is 10.8 Å². The summed E-state index contributed by atoms with van der Waals surface area (Å²) in [6.07, 6.45) is 0. The molecule has 0 fully saturated rings. The Morgan fingerprint density at radius 2 is 1.11 bits per heavy atom. The van der Waals surface area contributed by atoms with Gasteiger partial charge in [0.05, 0.1) is 0 Å². The number of fused-ring (bicyclic) bond motifs is 1. The number of hydrogen-bond acceptors (Lipinski definition) is 0. The Kier molecular flexibility index (Phi) is 5.18. The molecule has 6 rings (SSSR count). The normalized spacial score (nSPS) is 19.5. The van der Waals surface area contributed by atoms with Gasteiger partial charge >= 0.3 is 0 Å².